The van der Waals surface area contributed by atoms with Gasteiger partial charge in [-0.1, -0.05) is 23.4 Å². The monoisotopic (exact) mass is 322 g/mol. The van der Waals surface area contributed by atoms with E-state index in [0.717, 1.165) is 0 Å². The Bertz CT molecular complexity index is 798. The first-order valence-corrected chi connectivity index (χ1v) is 7.66. The van der Waals surface area contributed by atoms with E-state index in [2.05, 4.69) is 26.5 Å². The van der Waals surface area contributed by atoms with Gasteiger partial charge in [-0.05, 0) is 18.2 Å². The summed E-state index contributed by atoms with van der Waals surface area (Å²) in [6.45, 7) is 0.214. The largest absolute Gasteiger partial charge is 0.320 e. The number of hydrogen-bond acceptors (Lipinski definition) is 5. The first kappa shape index (κ1) is 15.3. The average Bonchev–Trinajstić information content (AvgIpc) is 2.45. The van der Waals surface area contributed by atoms with Gasteiger partial charge in [-0.15, -0.1) is 0 Å². The maximum absolute atomic E-state index is 12.2. The maximum Gasteiger partial charge on any atom is 0.264 e. The number of sulfonamides is 1. The lowest BCUT2D eigenvalue weighted by atomic mass is 10.2. The molecule has 3 N–H and O–H groups in total. The molecule has 0 radical (unpaired) electrons. The molecule has 1 aromatic heterocycles. The van der Waals surface area contributed by atoms with Crippen LogP contribution in [-0.2, 0) is 10.0 Å². The first-order chi connectivity index (χ1) is 10.0. The second-order valence-electron chi connectivity index (χ2n) is 3.85. The third-order valence-corrected chi connectivity index (χ3v) is 4.20. The predicted octanol–water partition coefficient (Wildman–Crippen LogP) is 1.24. The standard InChI is InChI=1S/C13H11ClN4O2S/c14-11-8-10(2-1-5-15)3-4-12(11)21(19,20)18-13-9-16-6-7-17-13/h3-4,6-9H,5,15H2,(H,17,18). The summed E-state index contributed by atoms with van der Waals surface area (Å²) in [6.07, 6.45) is 4.12. The second-order valence-corrected chi connectivity index (χ2v) is 5.91. The molecular formula is C13H11ClN4O2S. The number of nitrogens with zero attached hydrogens (tertiary/aromatic N) is 2. The van der Waals surface area contributed by atoms with Crippen molar-refractivity contribution >= 4 is 27.4 Å². The summed E-state index contributed by atoms with van der Waals surface area (Å²) in [5, 5.41) is 0.0650. The third-order valence-electron chi connectivity index (χ3n) is 2.36. The molecule has 2 rings (SSSR count). The first-order valence-electron chi connectivity index (χ1n) is 5.80. The van der Waals surface area contributed by atoms with Crippen LogP contribution >= 0.6 is 11.6 Å². The highest BCUT2D eigenvalue weighted by Gasteiger charge is 2.18. The van der Waals surface area contributed by atoms with Crippen molar-refractivity contribution in [2.24, 2.45) is 5.73 Å². The quantitative estimate of drug-likeness (QED) is 0.828. The highest BCUT2D eigenvalue weighted by atomic mass is 35.5. The lowest BCUT2D eigenvalue weighted by Gasteiger charge is -2.08. The fraction of sp³-hybridized carbons (Fsp3) is 0.0769. The zero-order valence-electron chi connectivity index (χ0n) is 10.7. The molecule has 0 bridgehead atoms. The molecule has 0 amide bonds. The molecule has 0 saturated carbocycles. The summed E-state index contributed by atoms with van der Waals surface area (Å²) in [7, 11) is -3.84. The number of nitrogens with one attached hydrogen (secondary N) is 1. The van der Waals surface area contributed by atoms with E-state index >= 15 is 0 Å². The molecule has 0 saturated heterocycles. The molecule has 0 aliphatic rings. The second kappa shape index (κ2) is 6.54. The summed E-state index contributed by atoms with van der Waals surface area (Å²) >= 11 is 6.00. The van der Waals surface area contributed by atoms with E-state index in [1.54, 1.807) is 6.07 Å². The van der Waals surface area contributed by atoms with Crippen molar-refractivity contribution < 1.29 is 8.42 Å². The van der Waals surface area contributed by atoms with Gasteiger partial charge in [0.2, 0.25) is 0 Å². The van der Waals surface area contributed by atoms with Crippen molar-refractivity contribution in [3.8, 4) is 11.8 Å². The number of hydrogen-bond donors (Lipinski definition) is 2. The molecule has 1 aromatic carbocycles. The van der Waals surface area contributed by atoms with Crippen LogP contribution in [0.25, 0.3) is 0 Å². The molecule has 21 heavy (non-hydrogen) atoms. The van der Waals surface area contributed by atoms with Crippen molar-refractivity contribution in [3.63, 3.8) is 0 Å². The molecule has 6 nitrogen and oxygen atoms in total. The fourth-order valence-electron chi connectivity index (χ4n) is 1.49. The van der Waals surface area contributed by atoms with E-state index in [9.17, 15) is 8.42 Å². The van der Waals surface area contributed by atoms with Crippen LogP contribution < -0.4 is 10.5 Å². The Hall–Kier alpha value is -2.14. The number of halogens is 1. The van der Waals surface area contributed by atoms with E-state index in [1.165, 1.54) is 30.7 Å². The van der Waals surface area contributed by atoms with Crippen molar-refractivity contribution in [1.29, 1.82) is 0 Å². The maximum atomic E-state index is 12.2. The van der Waals surface area contributed by atoms with Gasteiger partial charge >= 0.3 is 0 Å². The minimum absolute atomic E-state index is 0.0619. The zero-order valence-corrected chi connectivity index (χ0v) is 12.3. The Kier molecular flexibility index (Phi) is 4.75. The Morgan fingerprint density at radius 1 is 1.33 bits per heavy atom. The lowest BCUT2D eigenvalue weighted by molar-refractivity contribution is 0.601. The van der Waals surface area contributed by atoms with Crippen LogP contribution in [0.2, 0.25) is 5.02 Å². The van der Waals surface area contributed by atoms with Gasteiger partial charge < -0.3 is 5.73 Å². The number of benzene rings is 1. The lowest BCUT2D eigenvalue weighted by Crippen LogP contribution is -2.14. The molecule has 108 valence electrons. The summed E-state index contributed by atoms with van der Waals surface area (Å²) in [4.78, 5) is 7.56. The summed E-state index contributed by atoms with van der Waals surface area (Å²) in [6, 6.07) is 4.40. The van der Waals surface area contributed by atoms with Crippen molar-refractivity contribution in [3.05, 3.63) is 47.4 Å². The highest BCUT2D eigenvalue weighted by molar-refractivity contribution is 7.92. The zero-order chi connectivity index (χ0) is 15.3. The van der Waals surface area contributed by atoms with Crippen LogP contribution in [0.15, 0.2) is 41.7 Å². The van der Waals surface area contributed by atoms with Gasteiger partial charge in [-0.3, -0.25) is 9.71 Å². The number of aromatic nitrogens is 2. The molecule has 1 heterocycles. The van der Waals surface area contributed by atoms with Gasteiger partial charge in [0, 0.05) is 18.0 Å². The van der Waals surface area contributed by atoms with Crippen LogP contribution in [-0.4, -0.2) is 24.9 Å². The molecule has 0 atom stereocenters. The Morgan fingerprint density at radius 2 is 2.14 bits per heavy atom. The van der Waals surface area contributed by atoms with Crippen LogP contribution in [0.5, 0.6) is 0 Å². The Balaban J connectivity index is 2.32. The van der Waals surface area contributed by atoms with Gasteiger partial charge in [-0.2, -0.15) is 0 Å². The Labute approximate surface area is 127 Å². The summed E-state index contributed by atoms with van der Waals surface area (Å²) < 4.78 is 26.8. The van der Waals surface area contributed by atoms with Gasteiger partial charge in [0.15, 0.2) is 5.82 Å². The molecular weight excluding hydrogens is 312 g/mol. The van der Waals surface area contributed by atoms with Gasteiger partial charge in [0.05, 0.1) is 17.8 Å². The Morgan fingerprint density at radius 3 is 2.76 bits per heavy atom. The van der Waals surface area contributed by atoms with Gasteiger partial charge in [0.1, 0.15) is 4.90 Å². The molecule has 0 aliphatic carbocycles. The van der Waals surface area contributed by atoms with Gasteiger partial charge in [-0.25, -0.2) is 13.4 Å². The molecule has 0 fully saturated rings. The highest BCUT2D eigenvalue weighted by Crippen LogP contribution is 2.24. The summed E-state index contributed by atoms with van der Waals surface area (Å²) in [5.41, 5.74) is 5.86. The SMILES string of the molecule is NCC#Cc1ccc(S(=O)(=O)Nc2cnccn2)c(Cl)c1. The normalized spacial score (nSPS) is 10.6. The van der Waals surface area contributed by atoms with Crippen molar-refractivity contribution in [2.75, 3.05) is 11.3 Å². The minimum atomic E-state index is -3.84. The van der Waals surface area contributed by atoms with E-state index in [0.29, 0.717) is 5.56 Å². The van der Waals surface area contributed by atoms with Crippen LogP contribution in [0.3, 0.4) is 0 Å². The van der Waals surface area contributed by atoms with Gasteiger partial charge in [0.25, 0.3) is 10.0 Å². The van der Waals surface area contributed by atoms with Crippen molar-refractivity contribution in [2.45, 2.75) is 4.90 Å². The van der Waals surface area contributed by atoms with Crippen LogP contribution in [0, 0.1) is 11.8 Å². The number of nitrogens with two attached hydrogens (primary N) is 1. The van der Waals surface area contributed by atoms with Crippen molar-refractivity contribution in [1.82, 2.24) is 9.97 Å². The molecule has 2 aromatic rings. The van der Waals surface area contributed by atoms with E-state index in [-0.39, 0.29) is 22.3 Å². The predicted molar refractivity (Wildman–Crippen MR) is 80.2 cm³/mol. The number of rotatable bonds is 3. The van der Waals surface area contributed by atoms with E-state index < -0.39 is 10.0 Å². The van der Waals surface area contributed by atoms with E-state index in [1.807, 2.05) is 0 Å². The smallest absolute Gasteiger partial charge is 0.264 e. The molecule has 0 spiro atoms. The number of anilines is 1. The average molecular weight is 323 g/mol. The minimum Gasteiger partial charge on any atom is -0.320 e. The molecule has 8 heteroatoms. The third kappa shape index (κ3) is 3.92. The van der Waals surface area contributed by atoms with E-state index in [4.69, 9.17) is 17.3 Å². The fourth-order valence-corrected chi connectivity index (χ4v) is 3.03. The van der Waals surface area contributed by atoms with Crippen LogP contribution in [0.1, 0.15) is 5.56 Å². The summed E-state index contributed by atoms with van der Waals surface area (Å²) in [5.74, 6) is 5.55. The van der Waals surface area contributed by atoms with Crippen LogP contribution in [0.4, 0.5) is 5.82 Å². The topological polar surface area (TPSA) is 98.0 Å². The molecule has 0 unspecified atom stereocenters. The molecule has 0 aliphatic heterocycles.